The van der Waals surface area contributed by atoms with Gasteiger partial charge in [0.05, 0.1) is 11.1 Å². The number of phenolic OH excluding ortho intramolecular Hbond substituents is 1. The molecule has 0 amide bonds. The van der Waals surface area contributed by atoms with Crippen molar-refractivity contribution in [2.75, 3.05) is 0 Å². The van der Waals surface area contributed by atoms with Crippen molar-refractivity contribution in [3.05, 3.63) is 34.9 Å². The van der Waals surface area contributed by atoms with Crippen LogP contribution in [0.2, 0.25) is 0 Å². The van der Waals surface area contributed by atoms with Gasteiger partial charge in [-0.1, -0.05) is 64.0 Å². The van der Waals surface area contributed by atoms with Crippen LogP contribution in [-0.2, 0) is 0 Å². The summed E-state index contributed by atoms with van der Waals surface area (Å²) in [6.45, 7) is 2.23. The maximum absolute atomic E-state index is 10.9. The Morgan fingerprint density at radius 2 is 1.39 bits per heavy atom. The number of benzene rings is 1. The summed E-state index contributed by atoms with van der Waals surface area (Å²) in [5.74, 6) is -0.241. The minimum atomic E-state index is -0.241. The zero-order valence-electron chi connectivity index (χ0n) is 14.1. The Balaban J connectivity index is 2.32. The van der Waals surface area contributed by atoms with E-state index < -0.39 is 0 Å². The number of rotatable bonds is 12. The largest absolute Gasteiger partial charge is 0.506 e. The smallest absolute Gasteiger partial charge is 0.153 e. The Labute approximate surface area is 139 Å². The quantitative estimate of drug-likeness (QED) is 0.405. The lowest BCUT2D eigenvalue weighted by Gasteiger charge is -2.03. The molecule has 126 valence electrons. The maximum Gasteiger partial charge on any atom is 0.153 e. The molecule has 0 heterocycles. The lowest BCUT2D eigenvalue weighted by Crippen LogP contribution is -1.90. The molecule has 1 N–H and O–H groups in total. The average Bonchev–Trinajstić information content (AvgIpc) is 2.57. The highest BCUT2D eigenvalue weighted by Gasteiger charge is 2.07. The number of aldehydes is 2. The molecule has 3 nitrogen and oxygen atoms in total. The van der Waals surface area contributed by atoms with Gasteiger partial charge in [-0.15, -0.1) is 0 Å². The fraction of sp³-hybridized carbons (Fsp3) is 0.500. The van der Waals surface area contributed by atoms with Gasteiger partial charge in [0, 0.05) is 0 Å². The lowest BCUT2D eigenvalue weighted by molar-refractivity contribution is 0.112. The lowest BCUT2D eigenvalue weighted by atomic mass is 10.0. The van der Waals surface area contributed by atoms with Gasteiger partial charge in [-0.3, -0.25) is 9.59 Å². The first-order valence-corrected chi connectivity index (χ1v) is 8.66. The fourth-order valence-corrected chi connectivity index (χ4v) is 2.60. The van der Waals surface area contributed by atoms with E-state index in [0.29, 0.717) is 12.6 Å². The predicted molar refractivity (Wildman–Crippen MR) is 95.1 cm³/mol. The van der Waals surface area contributed by atoms with Gasteiger partial charge < -0.3 is 5.11 Å². The molecule has 0 spiro atoms. The van der Waals surface area contributed by atoms with Gasteiger partial charge in [0.2, 0.25) is 0 Å². The van der Waals surface area contributed by atoms with Crippen molar-refractivity contribution in [1.29, 1.82) is 0 Å². The van der Waals surface area contributed by atoms with Crippen LogP contribution in [0.15, 0.2) is 18.2 Å². The van der Waals surface area contributed by atoms with Crippen LogP contribution in [0, 0.1) is 0 Å². The molecule has 0 aliphatic rings. The van der Waals surface area contributed by atoms with E-state index in [2.05, 4.69) is 13.0 Å². The van der Waals surface area contributed by atoms with E-state index >= 15 is 0 Å². The second-order valence-electron chi connectivity index (χ2n) is 5.95. The average molecular weight is 316 g/mol. The second kappa shape index (κ2) is 11.6. The summed E-state index contributed by atoms with van der Waals surface area (Å²) in [4.78, 5) is 21.8. The summed E-state index contributed by atoms with van der Waals surface area (Å²) in [7, 11) is 0. The zero-order chi connectivity index (χ0) is 16.9. The third kappa shape index (κ3) is 7.27. The summed E-state index contributed by atoms with van der Waals surface area (Å²) in [5.41, 5.74) is 1.08. The fourth-order valence-electron chi connectivity index (χ4n) is 2.60. The van der Waals surface area contributed by atoms with Crippen molar-refractivity contribution in [2.24, 2.45) is 0 Å². The van der Waals surface area contributed by atoms with Crippen LogP contribution in [0.3, 0.4) is 0 Å². The predicted octanol–water partition coefficient (Wildman–Crippen LogP) is 5.56. The highest BCUT2D eigenvalue weighted by atomic mass is 16.3. The van der Waals surface area contributed by atoms with E-state index in [1.54, 1.807) is 12.1 Å². The Bertz CT molecular complexity index is 489. The highest BCUT2D eigenvalue weighted by Crippen LogP contribution is 2.23. The van der Waals surface area contributed by atoms with Crippen LogP contribution in [0.4, 0.5) is 0 Å². The molecule has 3 heteroatoms. The van der Waals surface area contributed by atoms with E-state index in [1.165, 1.54) is 44.9 Å². The third-order valence-corrected chi connectivity index (χ3v) is 3.98. The normalized spacial score (nSPS) is 11.0. The van der Waals surface area contributed by atoms with Gasteiger partial charge in [-0.25, -0.2) is 0 Å². The van der Waals surface area contributed by atoms with Gasteiger partial charge in [-0.2, -0.15) is 0 Å². The molecular formula is C20H28O3. The number of hydrogen-bond acceptors (Lipinski definition) is 3. The molecule has 0 aliphatic carbocycles. The minimum absolute atomic E-state index is 0.154. The first kappa shape index (κ1) is 19.1. The molecule has 0 aliphatic heterocycles. The van der Waals surface area contributed by atoms with Crippen LogP contribution in [0.5, 0.6) is 5.75 Å². The minimum Gasteiger partial charge on any atom is -0.506 e. The molecule has 0 saturated carbocycles. The number of carbonyl (C=O) groups excluding carboxylic acids is 2. The molecule has 1 rings (SSSR count). The second-order valence-corrected chi connectivity index (χ2v) is 5.95. The number of phenols is 1. The molecule has 1 aromatic carbocycles. The van der Waals surface area contributed by atoms with E-state index in [0.717, 1.165) is 18.4 Å². The molecule has 0 atom stereocenters. The topological polar surface area (TPSA) is 54.4 Å². The van der Waals surface area contributed by atoms with Crippen molar-refractivity contribution < 1.29 is 14.7 Å². The standard InChI is InChI=1S/C20H28O3/c1-2-3-4-5-6-7-8-9-10-11-12-17-13-18(15-21)20(23)19(14-17)16-22/h11-16,23H,2-10H2,1H3. The van der Waals surface area contributed by atoms with E-state index in [1.807, 2.05) is 6.08 Å². The van der Waals surface area contributed by atoms with Gasteiger partial charge >= 0.3 is 0 Å². The summed E-state index contributed by atoms with van der Waals surface area (Å²) >= 11 is 0. The molecule has 0 bridgehead atoms. The van der Waals surface area contributed by atoms with Gasteiger partial charge in [0.15, 0.2) is 12.6 Å². The number of aromatic hydroxyl groups is 1. The third-order valence-electron chi connectivity index (χ3n) is 3.98. The van der Waals surface area contributed by atoms with Crippen molar-refractivity contribution in [1.82, 2.24) is 0 Å². The first-order valence-electron chi connectivity index (χ1n) is 8.66. The Kier molecular flexibility index (Phi) is 9.69. The molecule has 23 heavy (non-hydrogen) atoms. The van der Waals surface area contributed by atoms with E-state index in [-0.39, 0.29) is 16.9 Å². The molecule has 0 aromatic heterocycles. The Morgan fingerprint density at radius 3 is 1.91 bits per heavy atom. The van der Waals surface area contributed by atoms with Crippen molar-refractivity contribution in [3.8, 4) is 5.75 Å². The summed E-state index contributed by atoms with van der Waals surface area (Å²) in [6, 6.07) is 3.19. The molecule has 0 unspecified atom stereocenters. The van der Waals surface area contributed by atoms with Crippen molar-refractivity contribution in [3.63, 3.8) is 0 Å². The van der Waals surface area contributed by atoms with Crippen LogP contribution in [0.1, 0.15) is 91.0 Å². The van der Waals surface area contributed by atoms with Gasteiger partial charge in [0.25, 0.3) is 0 Å². The summed E-state index contributed by atoms with van der Waals surface area (Å²) in [6.07, 6.45) is 16.5. The van der Waals surface area contributed by atoms with Crippen molar-refractivity contribution >= 4 is 18.6 Å². The van der Waals surface area contributed by atoms with Crippen LogP contribution >= 0.6 is 0 Å². The van der Waals surface area contributed by atoms with Crippen LogP contribution in [-0.4, -0.2) is 17.7 Å². The number of allylic oxidation sites excluding steroid dienone is 1. The Morgan fingerprint density at radius 1 is 0.870 bits per heavy atom. The Hall–Kier alpha value is -1.90. The first-order chi connectivity index (χ1) is 11.2. The molecule has 1 aromatic rings. The SMILES string of the molecule is CCCCCCCCCCC=Cc1cc(C=O)c(O)c(C=O)c1. The van der Waals surface area contributed by atoms with E-state index in [4.69, 9.17) is 0 Å². The van der Waals surface area contributed by atoms with Crippen molar-refractivity contribution in [2.45, 2.75) is 64.7 Å². The number of carbonyl (C=O) groups is 2. The number of hydrogen-bond donors (Lipinski definition) is 1. The van der Waals surface area contributed by atoms with Gasteiger partial charge in [0.1, 0.15) is 5.75 Å². The van der Waals surface area contributed by atoms with Crippen LogP contribution < -0.4 is 0 Å². The number of unbranched alkanes of at least 4 members (excludes halogenated alkanes) is 8. The monoisotopic (exact) mass is 316 g/mol. The van der Waals surface area contributed by atoms with Gasteiger partial charge in [-0.05, 0) is 30.5 Å². The molecule has 0 saturated heterocycles. The highest BCUT2D eigenvalue weighted by molar-refractivity contribution is 5.89. The molecule has 0 fully saturated rings. The summed E-state index contributed by atoms with van der Waals surface area (Å²) < 4.78 is 0. The molecular weight excluding hydrogens is 288 g/mol. The molecule has 0 radical (unpaired) electrons. The van der Waals surface area contributed by atoms with Crippen LogP contribution in [0.25, 0.3) is 6.08 Å². The zero-order valence-corrected chi connectivity index (χ0v) is 14.1. The maximum atomic E-state index is 10.9. The summed E-state index contributed by atoms with van der Waals surface area (Å²) in [5, 5.41) is 9.67. The van der Waals surface area contributed by atoms with E-state index in [9.17, 15) is 14.7 Å².